The lowest BCUT2D eigenvalue weighted by Gasteiger charge is -2.04. The van der Waals surface area contributed by atoms with E-state index in [4.69, 9.17) is 0 Å². The second-order valence-electron chi connectivity index (χ2n) is 3.32. The normalized spacial score (nSPS) is 18.4. The van der Waals surface area contributed by atoms with Crippen LogP contribution in [0.4, 0.5) is 22.0 Å². The summed E-state index contributed by atoms with van der Waals surface area (Å²) in [5.41, 5.74) is -0.943. The van der Waals surface area contributed by atoms with Gasteiger partial charge in [-0.05, 0) is 0 Å². The van der Waals surface area contributed by atoms with Gasteiger partial charge in [-0.1, -0.05) is 0 Å². The van der Waals surface area contributed by atoms with Crippen molar-refractivity contribution in [2.24, 2.45) is 0 Å². The van der Waals surface area contributed by atoms with Crippen LogP contribution in [0.5, 0.6) is 0 Å². The summed E-state index contributed by atoms with van der Waals surface area (Å²) in [6.07, 6.45) is -1.78. The molecule has 14 heavy (non-hydrogen) atoms. The van der Waals surface area contributed by atoms with Gasteiger partial charge in [-0.25, -0.2) is 22.0 Å². The highest BCUT2D eigenvalue weighted by Crippen LogP contribution is 2.37. The van der Waals surface area contributed by atoms with E-state index < -0.39 is 47.3 Å². The lowest BCUT2D eigenvalue weighted by molar-refractivity contribution is 0.0122. The minimum atomic E-state index is -3.17. The van der Waals surface area contributed by atoms with Gasteiger partial charge >= 0.3 is 0 Å². The van der Waals surface area contributed by atoms with Crippen LogP contribution in [0.2, 0.25) is 0 Å². The van der Waals surface area contributed by atoms with E-state index in [0.717, 1.165) is 0 Å². The molecule has 0 radical (unpaired) electrons. The summed E-state index contributed by atoms with van der Waals surface area (Å²) in [4.78, 5) is 0. The van der Waals surface area contributed by atoms with Crippen LogP contribution in [0.3, 0.4) is 0 Å². The highest BCUT2D eigenvalue weighted by atomic mass is 19.3. The van der Waals surface area contributed by atoms with Crippen LogP contribution in [-0.2, 0) is 12.8 Å². The molecule has 0 saturated heterocycles. The van der Waals surface area contributed by atoms with Gasteiger partial charge in [0.15, 0.2) is 11.6 Å². The molecule has 0 fully saturated rings. The van der Waals surface area contributed by atoms with Gasteiger partial charge in [-0.15, -0.1) is 0 Å². The van der Waals surface area contributed by atoms with E-state index in [9.17, 15) is 22.0 Å². The van der Waals surface area contributed by atoms with Gasteiger partial charge in [-0.3, -0.25) is 0 Å². The maximum atomic E-state index is 13.0. The molecule has 0 nitrogen and oxygen atoms in total. The van der Waals surface area contributed by atoms with Crippen molar-refractivity contribution < 1.29 is 22.0 Å². The van der Waals surface area contributed by atoms with Crippen molar-refractivity contribution in [1.82, 2.24) is 0 Å². The van der Waals surface area contributed by atoms with E-state index in [0.29, 0.717) is 6.07 Å². The second-order valence-corrected chi connectivity index (χ2v) is 3.32. The maximum absolute atomic E-state index is 13.0. The summed E-state index contributed by atoms with van der Waals surface area (Å²) >= 11 is 0. The van der Waals surface area contributed by atoms with Crippen LogP contribution in [0.25, 0.3) is 0 Å². The lowest BCUT2D eigenvalue weighted by Crippen LogP contribution is -2.15. The minimum Gasteiger partial charge on any atom is -0.207 e. The molecule has 76 valence electrons. The van der Waals surface area contributed by atoms with Gasteiger partial charge in [0.2, 0.25) is 0 Å². The summed E-state index contributed by atoms with van der Waals surface area (Å²) in [5.74, 6) is -7.05. The fourth-order valence-corrected chi connectivity index (χ4v) is 1.64. The Morgan fingerprint density at radius 2 is 1.50 bits per heavy atom. The number of hydrogen-bond donors (Lipinski definition) is 0. The molecule has 1 aliphatic rings. The topological polar surface area (TPSA) is 0 Å². The molecule has 0 spiro atoms. The number of alkyl halides is 2. The van der Waals surface area contributed by atoms with Gasteiger partial charge < -0.3 is 0 Å². The Morgan fingerprint density at radius 1 is 0.929 bits per heavy atom. The van der Waals surface area contributed by atoms with Crippen LogP contribution in [0, 0.1) is 17.5 Å². The molecule has 0 N–H and O–H groups in total. The number of halogens is 5. The summed E-state index contributed by atoms with van der Waals surface area (Å²) in [6.45, 7) is 0. The Labute approximate surface area is 76.3 Å². The van der Waals surface area contributed by atoms with E-state index in [1.807, 2.05) is 0 Å². The van der Waals surface area contributed by atoms with Crippen LogP contribution in [0.15, 0.2) is 6.07 Å². The third-order valence-corrected chi connectivity index (χ3v) is 2.25. The molecular weight excluding hydrogens is 203 g/mol. The van der Waals surface area contributed by atoms with Crippen LogP contribution in [0.1, 0.15) is 11.1 Å². The molecule has 2 rings (SSSR count). The standard InChI is InChI=1S/C9H5F5/c10-6-1-7(11)8(12)5-3-9(13,14)2-4(5)6/h1H,2-3H2. The summed E-state index contributed by atoms with van der Waals surface area (Å²) in [6, 6.07) is 0.301. The predicted molar refractivity (Wildman–Crippen MR) is 38.7 cm³/mol. The molecule has 0 unspecified atom stereocenters. The molecule has 0 saturated carbocycles. The molecule has 0 amide bonds. The first-order valence-corrected chi connectivity index (χ1v) is 3.94. The van der Waals surface area contributed by atoms with Gasteiger partial charge in [0.05, 0.1) is 0 Å². The first-order valence-electron chi connectivity index (χ1n) is 3.94. The van der Waals surface area contributed by atoms with Gasteiger partial charge in [-0.2, -0.15) is 0 Å². The average molecular weight is 208 g/mol. The van der Waals surface area contributed by atoms with Crippen molar-refractivity contribution in [2.75, 3.05) is 0 Å². The largest absolute Gasteiger partial charge is 0.256 e. The molecule has 0 aliphatic heterocycles. The molecule has 1 aromatic carbocycles. The Hall–Kier alpha value is -1.13. The van der Waals surface area contributed by atoms with E-state index in [1.165, 1.54) is 0 Å². The summed E-state index contributed by atoms with van der Waals surface area (Å²) < 4.78 is 64.1. The zero-order chi connectivity index (χ0) is 10.5. The van der Waals surface area contributed by atoms with Crippen molar-refractivity contribution in [1.29, 1.82) is 0 Å². The molecule has 5 heteroatoms. The lowest BCUT2D eigenvalue weighted by atomic mass is 10.1. The number of hydrogen-bond acceptors (Lipinski definition) is 0. The van der Waals surface area contributed by atoms with E-state index in [-0.39, 0.29) is 0 Å². The third-order valence-electron chi connectivity index (χ3n) is 2.25. The molecular formula is C9H5F5. The number of rotatable bonds is 0. The first-order chi connectivity index (χ1) is 6.41. The maximum Gasteiger partial charge on any atom is 0.256 e. The summed E-state index contributed by atoms with van der Waals surface area (Å²) in [7, 11) is 0. The molecule has 1 aromatic rings. The molecule has 0 aromatic heterocycles. The van der Waals surface area contributed by atoms with Gasteiger partial charge in [0.1, 0.15) is 5.82 Å². The molecule has 0 heterocycles. The average Bonchev–Trinajstić information content (AvgIpc) is 2.38. The Bertz CT molecular complexity index is 397. The fourth-order valence-electron chi connectivity index (χ4n) is 1.64. The van der Waals surface area contributed by atoms with Crippen molar-refractivity contribution in [3.8, 4) is 0 Å². The van der Waals surface area contributed by atoms with Crippen molar-refractivity contribution in [3.63, 3.8) is 0 Å². The van der Waals surface area contributed by atoms with Crippen molar-refractivity contribution in [2.45, 2.75) is 18.8 Å². The smallest absolute Gasteiger partial charge is 0.207 e. The first kappa shape index (κ1) is 9.43. The van der Waals surface area contributed by atoms with Crippen LogP contribution < -0.4 is 0 Å². The fraction of sp³-hybridized carbons (Fsp3) is 0.333. The Morgan fingerprint density at radius 3 is 2.14 bits per heavy atom. The monoisotopic (exact) mass is 208 g/mol. The Balaban J connectivity index is 2.61. The molecule has 0 atom stereocenters. The van der Waals surface area contributed by atoms with Crippen molar-refractivity contribution in [3.05, 3.63) is 34.6 Å². The highest BCUT2D eigenvalue weighted by molar-refractivity contribution is 5.37. The Kier molecular flexibility index (Phi) is 1.81. The zero-order valence-electron chi connectivity index (χ0n) is 6.88. The quantitative estimate of drug-likeness (QED) is 0.454. The number of fused-ring (bicyclic) bond motifs is 1. The van der Waals surface area contributed by atoms with E-state index in [2.05, 4.69) is 0 Å². The number of benzene rings is 1. The highest BCUT2D eigenvalue weighted by Gasteiger charge is 2.41. The van der Waals surface area contributed by atoms with Crippen LogP contribution in [-0.4, -0.2) is 5.92 Å². The van der Waals surface area contributed by atoms with E-state index in [1.54, 1.807) is 0 Å². The molecule has 0 bridgehead atoms. The van der Waals surface area contributed by atoms with Gasteiger partial charge in [0.25, 0.3) is 5.92 Å². The third kappa shape index (κ3) is 1.27. The van der Waals surface area contributed by atoms with Crippen LogP contribution >= 0.6 is 0 Å². The van der Waals surface area contributed by atoms with Gasteiger partial charge in [0, 0.05) is 30.0 Å². The molecule has 1 aliphatic carbocycles. The zero-order valence-corrected chi connectivity index (χ0v) is 6.88. The second kappa shape index (κ2) is 2.68. The van der Waals surface area contributed by atoms with E-state index >= 15 is 0 Å². The SMILES string of the molecule is Fc1cc(F)c2c(c1F)CC(F)(F)C2. The summed E-state index contributed by atoms with van der Waals surface area (Å²) in [5, 5.41) is 0. The van der Waals surface area contributed by atoms with Crippen molar-refractivity contribution >= 4 is 0 Å². The minimum absolute atomic E-state index is 0.301. The predicted octanol–water partition coefficient (Wildman–Crippen LogP) is 2.84.